The Kier molecular flexibility index (Phi) is 5.21. The van der Waals surface area contributed by atoms with Crippen molar-refractivity contribution in [3.63, 3.8) is 0 Å². The van der Waals surface area contributed by atoms with Gasteiger partial charge in [0.2, 0.25) is 5.67 Å². The Morgan fingerprint density at radius 3 is 2.07 bits per heavy atom. The van der Waals surface area contributed by atoms with Crippen LogP contribution in [-0.2, 0) is 19.0 Å². The van der Waals surface area contributed by atoms with E-state index in [9.17, 15) is 18.8 Å². The summed E-state index contributed by atoms with van der Waals surface area (Å²) >= 11 is 0. The molecule has 0 saturated carbocycles. The first-order chi connectivity index (χ1) is 12.9. The molecule has 0 spiro atoms. The van der Waals surface area contributed by atoms with Crippen LogP contribution >= 0.6 is 0 Å². The van der Waals surface area contributed by atoms with Gasteiger partial charge in [-0.05, 0) is 31.2 Å². The Balaban J connectivity index is 1.70. The molecule has 1 fully saturated rings. The van der Waals surface area contributed by atoms with Gasteiger partial charge in [0.05, 0.1) is 11.1 Å². The summed E-state index contributed by atoms with van der Waals surface area (Å²) in [5.41, 5.74) is -2.05. The van der Waals surface area contributed by atoms with Crippen molar-refractivity contribution in [1.29, 1.82) is 0 Å². The average Bonchev–Trinajstić information content (AvgIpc) is 2.90. The average molecular weight is 372 g/mol. The fourth-order valence-electron chi connectivity index (χ4n) is 2.66. The number of esters is 3. The van der Waals surface area contributed by atoms with Crippen molar-refractivity contribution >= 4 is 17.9 Å². The molecule has 3 rings (SSSR count). The molecule has 0 aliphatic carbocycles. The minimum Gasteiger partial charge on any atom is -0.458 e. The van der Waals surface area contributed by atoms with Gasteiger partial charge in [-0.3, -0.25) is 0 Å². The van der Waals surface area contributed by atoms with Gasteiger partial charge in [-0.1, -0.05) is 36.4 Å². The Bertz CT molecular complexity index is 834. The third-order valence-electron chi connectivity index (χ3n) is 4.16. The van der Waals surface area contributed by atoms with Crippen LogP contribution in [0.2, 0.25) is 0 Å². The summed E-state index contributed by atoms with van der Waals surface area (Å²) in [5.74, 6) is -2.64. The number of carbonyl (C=O) groups excluding carboxylic acids is 3. The zero-order chi connectivity index (χ0) is 19.4. The molecule has 2 aromatic carbocycles. The van der Waals surface area contributed by atoms with Crippen LogP contribution in [0.3, 0.4) is 0 Å². The third-order valence-corrected chi connectivity index (χ3v) is 4.16. The number of cyclic esters (lactones) is 1. The van der Waals surface area contributed by atoms with Crippen LogP contribution in [0.25, 0.3) is 0 Å². The monoisotopic (exact) mass is 372 g/mol. The zero-order valence-electron chi connectivity index (χ0n) is 14.5. The van der Waals surface area contributed by atoms with Gasteiger partial charge in [0, 0.05) is 0 Å². The lowest BCUT2D eigenvalue weighted by atomic mass is 10.00. The predicted octanol–water partition coefficient (Wildman–Crippen LogP) is 2.72. The number of halogens is 1. The summed E-state index contributed by atoms with van der Waals surface area (Å²) in [6, 6.07) is 16.1. The van der Waals surface area contributed by atoms with Crippen molar-refractivity contribution in [3.8, 4) is 0 Å². The van der Waals surface area contributed by atoms with Crippen molar-refractivity contribution in [2.24, 2.45) is 0 Å². The number of ether oxygens (including phenoxy) is 3. The fourth-order valence-corrected chi connectivity index (χ4v) is 2.66. The second kappa shape index (κ2) is 7.57. The number of rotatable bonds is 5. The molecule has 0 radical (unpaired) electrons. The molecule has 0 amide bonds. The molecule has 0 aromatic heterocycles. The van der Waals surface area contributed by atoms with Gasteiger partial charge >= 0.3 is 17.9 Å². The molecule has 0 bridgehead atoms. The Morgan fingerprint density at radius 1 is 1.00 bits per heavy atom. The van der Waals surface area contributed by atoms with Crippen LogP contribution < -0.4 is 0 Å². The van der Waals surface area contributed by atoms with Gasteiger partial charge < -0.3 is 14.2 Å². The van der Waals surface area contributed by atoms with E-state index in [4.69, 9.17) is 14.2 Å². The van der Waals surface area contributed by atoms with Crippen molar-refractivity contribution < 1.29 is 33.0 Å². The van der Waals surface area contributed by atoms with Crippen molar-refractivity contribution in [2.45, 2.75) is 24.8 Å². The van der Waals surface area contributed by atoms with Crippen LogP contribution in [0.4, 0.5) is 4.39 Å². The topological polar surface area (TPSA) is 78.9 Å². The molecular weight excluding hydrogens is 355 g/mol. The second-order valence-electron chi connectivity index (χ2n) is 6.18. The summed E-state index contributed by atoms with van der Waals surface area (Å²) in [4.78, 5) is 36.1. The number of benzene rings is 2. The summed E-state index contributed by atoms with van der Waals surface area (Å²) in [7, 11) is 0. The first kappa shape index (κ1) is 18.6. The second-order valence-corrected chi connectivity index (χ2v) is 6.18. The number of alkyl halides is 1. The van der Waals surface area contributed by atoms with Crippen molar-refractivity contribution in [3.05, 3.63) is 71.8 Å². The summed E-state index contributed by atoms with van der Waals surface area (Å²) in [6.07, 6.45) is -2.78. The summed E-state index contributed by atoms with van der Waals surface area (Å²) in [6.45, 7) is 0.531. The van der Waals surface area contributed by atoms with E-state index in [-0.39, 0.29) is 5.56 Å². The molecule has 27 heavy (non-hydrogen) atoms. The molecule has 3 atom stereocenters. The molecule has 7 heteroatoms. The highest BCUT2D eigenvalue weighted by atomic mass is 19.1. The maximum atomic E-state index is 14.8. The summed E-state index contributed by atoms with van der Waals surface area (Å²) in [5, 5.41) is 0. The van der Waals surface area contributed by atoms with E-state index < -0.39 is 42.4 Å². The number of hydrogen-bond donors (Lipinski definition) is 0. The van der Waals surface area contributed by atoms with Crippen molar-refractivity contribution in [2.75, 3.05) is 6.61 Å². The lowest BCUT2D eigenvalue weighted by Crippen LogP contribution is -2.44. The highest BCUT2D eigenvalue weighted by Crippen LogP contribution is 2.33. The fraction of sp³-hybridized carbons (Fsp3) is 0.250. The van der Waals surface area contributed by atoms with Crippen LogP contribution in [0.1, 0.15) is 27.6 Å². The van der Waals surface area contributed by atoms with Gasteiger partial charge in [-0.25, -0.2) is 18.8 Å². The standard InChI is InChI=1S/C20H17FO6/c1-20(21)16(27-18(23)14-10-6-3-7-11-14)15(26-19(20)24)12-25-17(22)13-8-4-2-5-9-13/h2-11,15-16H,12H2,1H3/t15-,16+,20?/m1/s1. The van der Waals surface area contributed by atoms with E-state index in [0.717, 1.165) is 6.92 Å². The molecule has 1 aliphatic heterocycles. The summed E-state index contributed by atoms with van der Waals surface area (Å²) < 4.78 is 30.0. The maximum absolute atomic E-state index is 14.8. The van der Waals surface area contributed by atoms with E-state index in [0.29, 0.717) is 5.56 Å². The van der Waals surface area contributed by atoms with E-state index >= 15 is 0 Å². The van der Waals surface area contributed by atoms with Gasteiger partial charge in [0.1, 0.15) is 6.61 Å². The molecule has 2 aromatic rings. The minimum absolute atomic E-state index is 0.202. The van der Waals surface area contributed by atoms with E-state index in [1.807, 2.05) is 0 Å². The van der Waals surface area contributed by atoms with E-state index in [1.54, 1.807) is 48.5 Å². The van der Waals surface area contributed by atoms with Crippen LogP contribution in [0, 0.1) is 0 Å². The molecule has 0 N–H and O–H groups in total. The molecule has 1 saturated heterocycles. The third kappa shape index (κ3) is 3.97. The molecule has 1 aliphatic rings. The van der Waals surface area contributed by atoms with Crippen LogP contribution in [0.5, 0.6) is 0 Å². The Morgan fingerprint density at radius 2 is 1.52 bits per heavy atom. The molecule has 6 nitrogen and oxygen atoms in total. The SMILES string of the molecule is CC1(F)C(=O)O[C@H](COC(=O)c2ccccc2)[C@@H]1OC(=O)c1ccccc1. The quantitative estimate of drug-likeness (QED) is 0.593. The maximum Gasteiger partial charge on any atom is 0.348 e. The Labute approximate surface area is 154 Å². The molecular formula is C20H17FO6. The van der Waals surface area contributed by atoms with E-state index in [2.05, 4.69) is 0 Å². The van der Waals surface area contributed by atoms with Gasteiger partial charge in [-0.15, -0.1) is 0 Å². The highest BCUT2D eigenvalue weighted by Gasteiger charge is 2.58. The smallest absolute Gasteiger partial charge is 0.348 e. The zero-order valence-corrected chi connectivity index (χ0v) is 14.5. The first-order valence-corrected chi connectivity index (χ1v) is 8.28. The number of hydrogen-bond acceptors (Lipinski definition) is 6. The predicted molar refractivity (Wildman–Crippen MR) is 91.8 cm³/mol. The normalized spacial score (nSPS) is 24.1. The van der Waals surface area contributed by atoms with Crippen LogP contribution in [0.15, 0.2) is 60.7 Å². The first-order valence-electron chi connectivity index (χ1n) is 8.28. The van der Waals surface area contributed by atoms with Crippen molar-refractivity contribution in [1.82, 2.24) is 0 Å². The van der Waals surface area contributed by atoms with Gasteiger partial charge in [0.25, 0.3) is 0 Å². The number of carbonyl (C=O) groups is 3. The van der Waals surface area contributed by atoms with E-state index in [1.165, 1.54) is 12.1 Å². The van der Waals surface area contributed by atoms with Crippen LogP contribution in [-0.4, -0.2) is 42.4 Å². The molecule has 1 heterocycles. The minimum atomic E-state index is -2.55. The lowest BCUT2D eigenvalue weighted by Gasteiger charge is -2.22. The molecule has 140 valence electrons. The highest BCUT2D eigenvalue weighted by molar-refractivity contribution is 5.91. The molecule has 1 unspecified atom stereocenters. The Hall–Kier alpha value is -3.22. The van der Waals surface area contributed by atoms with Gasteiger partial charge in [-0.2, -0.15) is 0 Å². The lowest BCUT2D eigenvalue weighted by molar-refractivity contribution is -0.150. The largest absolute Gasteiger partial charge is 0.458 e. The van der Waals surface area contributed by atoms with Gasteiger partial charge in [0.15, 0.2) is 12.2 Å².